The molecule has 0 unspecified atom stereocenters. The SMILES string of the molecule is Cc1cc(=O)[nH]c(-n2nc(-c3cccs3)cc2NC(=O)C(C)C)n1. The molecule has 0 aliphatic carbocycles. The number of anilines is 1. The van der Waals surface area contributed by atoms with Crippen LogP contribution in [0, 0.1) is 12.8 Å². The number of aromatic nitrogens is 4. The molecule has 0 radical (unpaired) electrons. The maximum absolute atomic E-state index is 12.1. The van der Waals surface area contributed by atoms with Gasteiger partial charge in [-0.3, -0.25) is 14.6 Å². The third kappa shape index (κ3) is 3.28. The van der Waals surface area contributed by atoms with Crippen LogP contribution < -0.4 is 10.9 Å². The molecule has 3 rings (SSSR count). The summed E-state index contributed by atoms with van der Waals surface area (Å²) in [4.78, 5) is 31.7. The fourth-order valence-electron chi connectivity index (χ4n) is 2.11. The summed E-state index contributed by atoms with van der Waals surface area (Å²) in [5.74, 6) is 0.416. The molecule has 3 aromatic rings. The fraction of sp³-hybridized carbons (Fsp3) is 0.250. The Kier molecular flexibility index (Phi) is 4.30. The Balaban J connectivity index is 2.11. The molecule has 0 aliphatic heterocycles. The van der Waals surface area contributed by atoms with Gasteiger partial charge in [0.2, 0.25) is 11.9 Å². The summed E-state index contributed by atoms with van der Waals surface area (Å²) in [6.45, 7) is 5.35. The summed E-state index contributed by atoms with van der Waals surface area (Å²) in [5, 5.41) is 9.28. The number of hydrogen-bond acceptors (Lipinski definition) is 5. The first kappa shape index (κ1) is 16.1. The summed E-state index contributed by atoms with van der Waals surface area (Å²) in [7, 11) is 0. The third-order valence-electron chi connectivity index (χ3n) is 3.32. The first-order valence-electron chi connectivity index (χ1n) is 7.47. The van der Waals surface area contributed by atoms with Crippen molar-refractivity contribution in [1.29, 1.82) is 0 Å². The zero-order valence-corrected chi connectivity index (χ0v) is 14.3. The maximum Gasteiger partial charge on any atom is 0.252 e. The predicted octanol–water partition coefficient (Wildman–Crippen LogP) is 2.59. The minimum atomic E-state index is -0.271. The van der Waals surface area contributed by atoms with Crippen LogP contribution in [-0.2, 0) is 4.79 Å². The Bertz CT molecular complexity index is 924. The number of aromatic amines is 1. The Morgan fingerprint density at radius 2 is 2.17 bits per heavy atom. The van der Waals surface area contributed by atoms with Crippen molar-refractivity contribution in [2.24, 2.45) is 5.92 Å². The van der Waals surface area contributed by atoms with Gasteiger partial charge in [0.25, 0.3) is 5.56 Å². The van der Waals surface area contributed by atoms with Crippen LogP contribution in [0.3, 0.4) is 0 Å². The van der Waals surface area contributed by atoms with Gasteiger partial charge in [-0.1, -0.05) is 19.9 Å². The van der Waals surface area contributed by atoms with Crippen molar-refractivity contribution in [1.82, 2.24) is 19.7 Å². The highest BCUT2D eigenvalue weighted by Crippen LogP contribution is 2.27. The van der Waals surface area contributed by atoms with Gasteiger partial charge < -0.3 is 5.32 Å². The predicted molar refractivity (Wildman–Crippen MR) is 93.5 cm³/mol. The van der Waals surface area contributed by atoms with E-state index in [1.165, 1.54) is 10.7 Å². The third-order valence-corrected chi connectivity index (χ3v) is 4.21. The number of amides is 1. The van der Waals surface area contributed by atoms with Crippen molar-refractivity contribution >= 4 is 23.1 Å². The summed E-state index contributed by atoms with van der Waals surface area (Å²) >= 11 is 1.54. The molecular weight excluding hydrogens is 326 g/mol. The number of nitrogens with one attached hydrogen (secondary N) is 2. The monoisotopic (exact) mass is 343 g/mol. The van der Waals surface area contributed by atoms with E-state index in [4.69, 9.17) is 0 Å². The van der Waals surface area contributed by atoms with E-state index in [2.05, 4.69) is 20.4 Å². The van der Waals surface area contributed by atoms with Gasteiger partial charge in [0, 0.05) is 23.7 Å². The number of H-pyrrole nitrogens is 1. The van der Waals surface area contributed by atoms with Crippen molar-refractivity contribution in [2.75, 3.05) is 5.32 Å². The lowest BCUT2D eigenvalue weighted by atomic mass is 10.2. The van der Waals surface area contributed by atoms with Crippen molar-refractivity contribution < 1.29 is 4.79 Å². The van der Waals surface area contributed by atoms with Crippen molar-refractivity contribution in [3.8, 4) is 16.5 Å². The molecule has 0 aliphatic rings. The molecule has 0 atom stereocenters. The number of thiophene rings is 1. The van der Waals surface area contributed by atoms with Gasteiger partial charge in [-0.05, 0) is 18.4 Å². The standard InChI is InChI=1S/C16H17N5O2S/c1-9(2)15(23)18-13-8-11(12-5-4-6-24-12)20-21(13)16-17-10(3)7-14(22)19-16/h4-9H,1-3H3,(H,18,23)(H,17,19,22). The quantitative estimate of drug-likeness (QED) is 0.761. The average Bonchev–Trinajstić information content (AvgIpc) is 3.14. The van der Waals surface area contributed by atoms with Gasteiger partial charge in [-0.15, -0.1) is 11.3 Å². The van der Waals surface area contributed by atoms with Gasteiger partial charge in [0.15, 0.2) is 0 Å². The molecule has 24 heavy (non-hydrogen) atoms. The largest absolute Gasteiger partial charge is 0.310 e. The second-order valence-electron chi connectivity index (χ2n) is 5.66. The first-order chi connectivity index (χ1) is 11.4. The van der Waals surface area contributed by atoms with Crippen LogP contribution in [0.4, 0.5) is 5.82 Å². The summed E-state index contributed by atoms with van der Waals surface area (Å²) in [6, 6.07) is 7.05. The van der Waals surface area contributed by atoms with Crippen LogP contribution in [0.5, 0.6) is 0 Å². The van der Waals surface area contributed by atoms with Crippen LogP contribution in [-0.4, -0.2) is 25.7 Å². The number of nitrogens with zero attached hydrogens (tertiary/aromatic N) is 3. The Morgan fingerprint density at radius 3 is 2.79 bits per heavy atom. The average molecular weight is 343 g/mol. The molecule has 1 amide bonds. The number of aryl methyl sites for hydroxylation is 1. The second kappa shape index (κ2) is 6.40. The van der Waals surface area contributed by atoms with Crippen LogP contribution in [0.2, 0.25) is 0 Å². The van der Waals surface area contributed by atoms with Crippen LogP contribution >= 0.6 is 11.3 Å². The van der Waals surface area contributed by atoms with E-state index in [0.29, 0.717) is 17.2 Å². The maximum atomic E-state index is 12.1. The van der Waals surface area contributed by atoms with E-state index < -0.39 is 0 Å². The molecule has 0 saturated heterocycles. The molecule has 124 valence electrons. The Morgan fingerprint density at radius 1 is 1.38 bits per heavy atom. The van der Waals surface area contributed by atoms with Gasteiger partial charge in [0.05, 0.1) is 4.88 Å². The van der Waals surface area contributed by atoms with E-state index in [9.17, 15) is 9.59 Å². The van der Waals surface area contributed by atoms with Crippen LogP contribution in [0.25, 0.3) is 16.5 Å². The number of carbonyl (C=O) groups excluding carboxylic acids is 1. The second-order valence-corrected chi connectivity index (χ2v) is 6.61. The normalized spacial score (nSPS) is 11.0. The van der Waals surface area contributed by atoms with Gasteiger partial charge in [-0.25, -0.2) is 4.98 Å². The minimum Gasteiger partial charge on any atom is -0.310 e. The van der Waals surface area contributed by atoms with Gasteiger partial charge in [0.1, 0.15) is 11.5 Å². The zero-order chi connectivity index (χ0) is 17.3. The molecule has 3 heterocycles. The van der Waals surface area contributed by atoms with E-state index in [0.717, 1.165) is 4.88 Å². The highest BCUT2D eigenvalue weighted by molar-refractivity contribution is 7.13. The summed E-state index contributed by atoms with van der Waals surface area (Å²) in [5.41, 5.74) is 1.00. The smallest absolute Gasteiger partial charge is 0.252 e. The fourth-order valence-corrected chi connectivity index (χ4v) is 2.79. The zero-order valence-electron chi connectivity index (χ0n) is 13.5. The lowest BCUT2D eigenvalue weighted by Gasteiger charge is -2.09. The molecule has 0 bridgehead atoms. The highest BCUT2D eigenvalue weighted by Gasteiger charge is 2.17. The molecule has 0 aromatic carbocycles. The van der Waals surface area contributed by atoms with Gasteiger partial charge >= 0.3 is 0 Å². The van der Waals surface area contributed by atoms with E-state index in [1.54, 1.807) is 24.3 Å². The van der Waals surface area contributed by atoms with Crippen LogP contribution in [0.15, 0.2) is 34.4 Å². The van der Waals surface area contributed by atoms with E-state index in [1.807, 2.05) is 31.4 Å². The number of hydrogen-bond donors (Lipinski definition) is 2. The molecule has 0 fully saturated rings. The Hall–Kier alpha value is -2.74. The van der Waals surface area contributed by atoms with Crippen molar-refractivity contribution in [3.05, 3.63) is 45.7 Å². The molecule has 3 aromatic heterocycles. The molecule has 7 nitrogen and oxygen atoms in total. The topological polar surface area (TPSA) is 92.7 Å². The number of rotatable bonds is 4. The van der Waals surface area contributed by atoms with E-state index >= 15 is 0 Å². The first-order valence-corrected chi connectivity index (χ1v) is 8.35. The molecule has 8 heteroatoms. The lowest BCUT2D eigenvalue weighted by Crippen LogP contribution is -2.21. The molecule has 0 spiro atoms. The van der Waals surface area contributed by atoms with Crippen molar-refractivity contribution in [3.63, 3.8) is 0 Å². The highest BCUT2D eigenvalue weighted by atomic mass is 32.1. The van der Waals surface area contributed by atoms with Crippen molar-refractivity contribution in [2.45, 2.75) is 20.8 Å². The summed E-state index contributed by atoms with van der Waals surface area (Å²) < 4.78 is 1.45. The Labute approximate surface area is 142 Å². The lowest BCUT2D eigenvalue weighted by molar-refractivity contribution is -0.118. The van der Waals surface area contributed by atoms with E-state index in [-0.39, 0.29) is 23.3 Å². The summed E-state index contributed by atoms with van der Waals surface area (Å²) in [6.07, 6.45) is 0. The molecular formula is C16H17N5O2S. The minimum absolute atomic E-state index is 0.135. The number of carbonyl (C=O) groups is 1. The molecule has 0 saturated carbocycles. The molecule has 2 N–H and O–H groups in total. The van der Waals surface area contributed by atoms with Crippen LogP contribution in [0.1, 0.15) is 19.5 Å². The van der Waals surface area contributed by atoms with Gasteiger partial charge in [-0.2, -0.15) is 9.78 Å².